The number of nitrogens with one attached hydrogen (secondary N) is 1. The lowest BCUT2D eigenvalue weighted by molar-refractivity contribution is 0.600. The lowest BCUT2D eigenvalue weighted by Crippen LogP contribution is -2.13. The van der Waals surface area contributed by atoms with Crippen molar-refractivity contribution in [1.29, 1.82) is 0 Å². The quantitative estimate of drug-likeness (QED) is 0.857. The summed E-state index contributed by atoms with van der Waals surface area (Å²) in [7, 11) is -3.72. The van der Waals surface area contributed by atoms with Crippen LogP contribution in [0.4, 0.5) is 10.1 Å². The van der Waals surface area contributed by atoms with Gasteiger partial charge in [-0.15, -0.1) is 11.3 Å². The Kier molecular flexibility index (Phi) is 4.48. The molecule has 0 aliphatic rings. The van der Waals surface area contributed by atoms with Gasteiger partial charge in [0.05, 0.1) is 5.69 Å². The number of anilines is 1. The molecular formula is C12H12BrFN2O2S2. The maximum absolute atomic E-state index is 13.0. The van der Waals surface area contributed by atoms with E-state index in [1.165, 1.54) is 29.5 Å². The third-order valence-corrected chi connectivity index (χ3v) is 5.94. The van der Waals surface area contributed by atoms with Gasteiger partial charge in [0.25, 0.3) is 10.0 Å². The van der Waals surface area contributed by atoms with Crippen LogP contribution in [0.25, 0.3) is 0 Å². The minimum atomic E-state index is -3.72. The first kappa shape index (κ1) is 15.4. The van der Waals surface area contributed by atoms with E-state index in [1.54, 1.807) is 13.0 Å². The van der Waals surface area contributed by atoms with Crippen LogP contribution in [0.5, 0.6) is 0 Å². The van der Waals surface area contributed by atoms with Crippen LogP contribution in [0.3, 0.4) is 0 Å². The second-order valence-electron chi connectivity index (χ2n) is 4.07. The summed E-state index contributed by atoms with van der Waals surface area (Å²) in [6.45, 7) is 2.01. The Balaban J connectivity index is 2.38. The van der Waals surface area contributed by atoms with Crippen molar-refractivity contribution in [1.82, 2.24) is 0 Å². The number of thiophene rings is 1. The molecular weight excluding hydrogens is 367 g/mol. The lowest BCUT2D eigenvalue weighted by atomic mass is 10.3. The van der Waals surface area contributed by atoms with E-state index in [4.69, 9.17) is 5.73 Å². The van der Waals surface area contributed by atoms with Gasteiger partial charge in [0.2, 0.25) is 0 Å². The zero-order valence-corrected chi connectivity index (χ0v) is 13.7. The average molecular weight is 379 g/mol. The van der Waals surface area contributed by atoms with E-state index in [0.29, 0.717) is 15.9 Å². The first-order chi connectivity index (χ1) is 9.33. The fourth-order valence-corrected chi connectivity index (χ4v) is 4.84. The molecule has 0 aliphatic heterocycles. The van der Waals surface area contributed by atoms with Crippen LogP contribution < -0.4 is 10.5 Å². The van der Waals surface area contributed by atoms with Gasteiger partial charge < -0.3 is 5.73 Å². The molecule has 0 bridgehead atoms. The predicted molar refractivity (Wildman–Crippen MR) is 81.9 cm³/mol. The largest absolute Gasteiger partial charge is 0.326 e. The molecule has 1 aromatic carbocycles. The number of benzene rings is 1. The van der Waals surface area contributed by atoms with Gasteiger partial charge in [-0.2, -0.15) is 0 Å². The van der Waals surface area contributed by atoms with Crippen LogP contribution in [0.1, 0.15) is 9.75 Å². The minimum Gasteiger partial charge on any atom is -0.326 e. The lowest BCUT2D eigenvalue weighted by Gasteiger charge is -2.09. The molecule has 0 fully saturated rings. The number of aryl methyl sites for hydroxylation is 1. The number of hydrogen-bond acceptors (Lipinski definition) is 4. The first-order valence-electron chi connectivity index (χ1n) is 5.60. The molecule has 0 spiro atoms. The van der Waals surface area contributed by atoms with E-state index in [-0.39, 0.29) is 10.6 Å². The Bertz CT molecular complexity index is 744. The third kappa shape index (κ3) is 3.20. The second kappa shape index (κ2) is 5.80. The summed E-state index contributed by atoms with van der Waals surface area (Å²) in [6.07, 6.45) is 0. The molecule has 0 unspecified atom stereocenters. The van der Waals surface area contributed by atoms with Crippen LogP contribution in [-0.2, 0) is 16.6 Å². The van der Waals surface area contributed by atoms with Gasteiger partial charge in [0, 0.05) is 20.8 Å². The van der Waals surface area contributed by atoms with E-state index in [9.17, 15) is 12.8 Å². The van der Waals surface area contributed by atoms with Crippen LogP contribution >= 0.6 is 27.3 Å². The van der Waals surface area contributed by atoms with Gasteiger partial charge in [-0.1, -0.05) is 0 Å². The zero-order valence-electron chi connectivity index (χ0n) is 10.5. The predicted octanol–water partition coefficient (Wildman–Crippen LogP) is 3.22. The second-order valence-corrected chi connectivity index (χ2v) is 7.91. The van der Waals surface area contributed by atoms with Crippen molar-refractivity contribution in [2.45, 2.75) is 18.4 Å². The molecule has 1 aromatic heterocycles. The van der Waals surface area contributed by atoms with Gasteiger partial charge in [-0.25, -0.2) is 12.8 Å². The Labute approximate surface area is 129 Å². The van der Waals surface area contributed by atoms with Crippen molar-refractivity contribution in [2.75, 3.05) is 4.72 Å². The van der Waals surface area contributed by atoms with Gasteiger partial charge in [0.15, 0.2) is 0 Å². The third-order valence-electron chi connectivity index (χ3n) is 2.59. The van der Waals surface area contributed by atoms with Crippen molar-refractivity contribution in [3.05, 3.63) is 44.3 Å². The van der Waals surface area contributed by atoms with Gasteiger partial charge in [-0.05, 0) is 47.1 Å². The normalized spacial score (nSPS) is 11.6. The first-order valence-corrected chi connectivity index (χ1v) is 8.70. The summed E-state index contributed by atoms with van der Waals surface area (Å²) in [5.41, 5.74) is 5.80. The molecule has 2 rings (SSSR count). The Morgan fingerprint density at radius 3 is 2.65 bits per heavy atom. The van der Waals surface area contributed by atoms with E-state index in [0.717, 1.165) is 4.88 Å². The molecule has 0 atom stereocenters. The smallest absolute Gasteiger partial charge is 0.263 e. The highest BCUT2D eigenvalue weighted by Crippen LogP contribution is 2.30. The van der Waals surface area contributed by atoms with E-state index >= 15 is 0 Å². The highest BCUT2D eigenvalue weighted by Gasteiger charge is 2.20. The van der Waals surface area contributed by atoms with Crippen LogP contribution in [0, 0.1) is 12.7 Å². The SMILES string of the molecule is Cc1sc(CN)cc1S(=O)(=O)Nc1ccc(F)cc1Br. The van der Waals surface area contributed by atoms with Crippen molar-refractivity contribution in [3.63, 3.8) is 0 Å². The molecule has 3 N–H and O–H groups in total. The number of sulfonamides is 1. The molecule has 108 valence electrons. The summed E-state index contributed by atoms with van der Waals surface area (Å²) in [5, 5.41) is 0. The Hall–Kier alpha value is -0.960. The van der Waals surface area contributed by atoms with Crippen LogP contribution in [0.2, 0.25) is 0 Å². The summed E-state index contributed by atoms with van der Waals surface area (Å²) >= 11 is 4.47. The molecule has 0 radical (unpaired) electrons. The highest BCUT2D eigenvalue weighted by atomic mass is 79.9. The molecule has 2 aromatic rings. The fraction of sp³-hybridized carbons (Fsp3) is 0.167. The molecule has 8 heteroatoms. The molecule has 0 amide bonds. The Morgan fingerprint density at radius 2 is 2.10 bits per heavy atom. The van der Waals surface area contributed by atoms with E-state index in [1.807, 2.05) is 0 Å². The summed E-state index contributed by atoms with van der Waals surface area (Å²) in [4.78, 5) is 1.65. The number of nitrogens with two attached hydrogens (primary N) is 1. The van der Waals surface area contributed by atoms with Crippen molar-refractivity contribution in [3.8, 4) is 0 Å². The highest BCUT2D eigenvalue weighted by molar-refractivity contribution is 9.10. The van der Waals surface area contributed by atoms with Crippen molar-refractivity contribution in [2.24, 2.45) is 5.73 Å². The van der Waals surface area contributed by atoms with E-state index < -0.39 is 15.8 Å². The standard InChI is InChI=1S/C12H12BrFN2O2S2/c1-7-12(5-9(6-15)19-7)20(17,18)16-11-3-2-8(14)4-10(11)13/h2-5,16H,6,15H2,1H3. The molecule has 0 aliphatic carbocycles. The van der Waals surface area contributed by atoms with Crippen molar-refractivity contribution < 1.29 is 12.8 Å². The maximum Gasteiger partial charge on any atom is 0.263 e. The van der Waals surface area contributed by atoms with Crippen LogP contribution in [0.15, 0.2) is 33.6 Å². The van der Waals surface area contributed by atoms with E-state index in [2.05, 4.69) is 20.7 Å². The molecule has 4 nitrogen and oxygen atoms in total. The zero-order chi connectivity index (χ0) is 14.9. The molecule has 0 saturated heterocycles. The van der Waals surface area contributed by atoms with Gasteiger partial charge >= 0.3 is 0 Å². The molecule has 20 heavy (non-hydrogen) atoms. The number of rotatable bonds is 4. The summed E-state index contributed by atoms with van der Waals surface area (Å²) < 4.78 is 40.4. The van der Waals surface area contributed by atoms with Gasteiger partial charge in [-0.3, -0.25) is 4.72 Å². The molecule has 0 saturated carbocycles. The van der Waals surface area contributed by atoms with Gasteiger partial charge in [0.1, 0.15) is 10.7 Å². The topological polar surface area (TPSA) is 72.2 Å². The van der Waals surface area contributed by atoms with Crippen molar-refractivity contribution >= 4 is 43.0 Å². The van der Waals surface area contributed by atoms with Crippen LogP contribution in [-0.4, -0.2) is 8.42 Å². The fourth-order valence-electron chi connectivity index (χ4n) is 1.66. The Morgan fingerprint density at radius 1 is 1.40 bits per heavy atom. The number of halogens is 2. The average Bonchev–Trinajstić information content (AvgIpc) is 2.75. The minimum absolute atomic E-state index is 0.194. The molecule has 1 heterocycles. The monoisotopic (exact) mass is 378 g/mol. The maximum atomic E-state index is 13.0. The number of hydrogen-bond donors (Lipinski definition) is 2. The summed E-state index contributed by atoms with van der Waals surface area (Å²) in [5.74, 6) is -0.447. The summed E-state index contributed by atoms with van der Waals surface area (Å²) in [6, 6.07) is 5.31.